The van der Waals surface area contributed by atoms with Gasteiger partial charge in [-0.1, -0.05) is 330 Å². The Balaban J connectivity index is 3.97. The summed E-state index contributed by atoms with van der Waals surface area (Å²) in [4.78, 5) is 35.9. The molecule has 0 aromatic carbocycles. The first-order valence-electron chi connectivity index (χ1n) is 37.3. The highest BCUT2D eigenvalue weighted by Crippen LogP contribution is 2.43. The van der Waals surface area contributed by atoms with Crippen LogP contribution >= 0.6 is 7.82 Å². The van der Waals surface area contributed by atoms with E-state index in [9.17, 15) is 19.0 Å². The molecule has 0 aliphatic carbocycles. The summed E-state index contributed by atoms with van der Waals surface area (Å²) in [5.74, 6) is -0.796. The molecule has 0 saturated carbocycles. The van der Waals surface area contributed by atoms with Gasteiger partial charge in [-0.15, -0.1) is 0 Å². The van der Waals surface area contributed by atoms with Crippen molar-refractivity contribution in [1.29, 1.82) is 0 Å². The summed E-state index contributed by atoms with van der Waals surface area (Å²) in [6.07, 6.45) is 94.3. The number of rotatable bonds is 69. The lowest BCUT2D eigenvalue weighted by molar-refractivity contribution is -0.870. The van der Waals surface area contributed by atoms with Crippen molar-refractivity contribution in [3.05, 3.63) is 85.1 Å². The number of esters is 2. The van der Waals surface area contributed by atoms with E-state index >= 15 is 0 Å². The maximum atomic E-state index is 12.9. The molecule has 9 nitrogen and oxygen atoms in total. The molecule has 2 atom stereocenters. The van der Waals surface area contributed by atoms with Crippen molar-refractivity contribution in [2.24, 2.45) is 0 Å². The molecule has 0 radical (unpaired) electrons. The summed E-state index contributed by atoms with van der Waals surface area (Å²) in [6, 6.07) is 0. The van der Waals surface area contributed by atoms with Gasteiger partial charge in [0.25, 0.3) is 0 Å². The minimum absolute atomic E-state index is 0.0279. The summed E-state index contributed by atoms with van der Waals surface area (Å²) in [5, 5.41) is 0. The predicted molar refractivity (Wildman–Crippen MR) is 381 cm³/mol. The third kappa shape index (κ3) is 72.3. The molecule has 0 aliphatic rings. The van der Waals surface area contributed by atoms with Crippen molar-refractivity contribution in [3.63, 3.8) is 0 Å². The Morgan fingerprint density at radius 2 is 0.648 bits per heavy atom. The van der Waals surface area contributed by atoms with E-state index in [2.05, 4.69) is 98.9 Å². The second-order valence-corrected chi connectivity index (χ2v) is 27.8. The molecule has 2 unspecified atom stereocenters. The fourth-order valence-corrected chi connectivity index (χ4v) is 11.5. The van der Waals surface area contributed by atoms with E-state index in [-0.39, 0.29) is 32.0 Å². The first-order chi connectivity index (χ1) is 43.0. The zero-order valence-corrected chi connectivity index (χ0v) is 59.4. The standard InChI is InChI=1S/C78H142NO8P/c1-6-8-10-12-14-16-18-20-22-24-26-28-30-32-34-35-36-37-38-39-40-41-42-43-45-46-48-50-52-54-56-58-60-62-64-66-68-70-77(80)84-74-76(75-86-88(82,83)85-73-72-79(3,4)5)87-78(81)71-69-67-65-63-61-59-57-55-53-51-49-47-44-33-31-29-27-25-23-21-19-17-15-13-11-9-7-2/h9,11,15,17,21,23-24,26-27,29,33,44,49,51,76H,6-8,10,12-14,16,18-20,22,25,28,30-32,34-43,45-48,50,52-75H2,1-5H3/p+1/b11-9-,17-15-,23-21-,26-24-,29-27-,44-33-,51-49-. The van der Waals surface area contributed by atoms with Crippen LogP contribution in [0.15, 0.2) is 85.1 Å². The molecule has 512 valence electrons. The number of hydrogen-bond donors (Lipinski definition) is 1. The maximum Gasteiger partial charge on any atom is 0.472 e. The molecular formula is C78H143NO8P+. The van der Waals surface area contributed by atoms with Crippen molar-refractivity contribution in [3.8, 4) is 0 Å². The number of unbranched alkanes of at least 4 members (excludes halogenated alkanes) is 41. The molecule has 10 heteroatoms. The SMILES string of the molecule is CC/C=C\C/C=C\C/C=C\C/C=C\C/C=C\C/C=C\CCCCCCCCCCC(=O)OC(COC(=O)CCCCCCCCCCCCCCCCCCCCCCCCCCC/C=C\CCCCCCCCCC)COP(=O)(O)OCC[N+](C)(C)C. The van der Waals surface area contributed by atoms with Gasteiger partial charge in [-0.05, 0) is 89.9 Å². The van der Waals surface area contributed by atoms with Crippen LogP contribution in [-0.2, 0) is 32.7 Å². The van der Waals surface area contributed by atoms with Gasteiger partial charge in [-0.25, -0.2) is 4.57 Å². The van der Waals surface area contributed by atoms with Gasteiger partial charge in [-0.2, -0.15) is 0 Å². The highest BCUT2D eigenvalue weighted by molar-refractivity contribution is 7.47. The summed E-state index contributed by atoms with van der Waals surface area (Å²) < 4.78 is 34.7. The Bertz CT molecular complexity index is 1760. The fourth-order valence-electron chi connectivity index (χ4n) is 10.7. The lowest BCUT2D eigenvalue weighted by Gasteiger charge is -2.24. The number of carbonyl (C=O) groups is 2. The second-order valence-electron chi connectivity index (χ2n) is 26.3. The van der Waals surface area contributed by atoms with Gasteiger partial charge in [0.1, 0.15) is 19.8 Å². The molecule has 0 heterocycles. The number of carbonyl (C=O) groups excluding carboxylic acids is 2. The quantitative estimate of drug-likeness (QED) is 0.0211. The number of allylic oxidation sites excluding steroid dienone is 14. The number of nitrogens with zero attached hydrogens (tertiary/aromatic N) is 1. The number of ether oxygens (including phenoxy) is 2. The smallest absolute Gasteiger partial charge is 0.462 e. The van der Waals surface area contributed by atoms with Crippen molar-refractivity contribution >= 4 is 19.8 Å². The lowest BCUT2D eigenvalue weighted by atomic mass is 10.0. The molecule has 0 bridgehead atoms. The Morgan fingerprint density at radius 3 is 0.977 bits per heavy atom. The molecule has 0 spiro atoms. The highest BCUT2D eigenvalue weighted by atomic mass is 31.2. The zero-order chi connectivity index (χ0) is 64.1. The number of phosphoric ester groups is 1. The Labute approximate surface area is 545 Å². The molecular weight excluding hydrogens is 1110 g/mol. The van der Waals surface area contributed by atoms with Crippen LogP contribution in [0, 0.1) is 0 Å². The summed E-state index contributed by atoms with van der Waals surface area (Å²) in [5.41, 5.74) is 0. The summed E-state index contributed by atoms with van der Waals surface area (Å²) >= 11 is 0. The van der Waals surface area contributed by atoms with Gasteiger partial charge in [0.2, 0.25) is 0 Å². The van der Waals surface area contributed by atoms with E-state index in [0.717, 1.165) is 83.5 Å². The average molecular weight is 1250 g/mol. The summed E-state index contributed by atoms with van der Waals surface area (Å²) in [7, 11) is 1.48. The van der Waals surface area contributed by atoms with Gasteiger partial charge in [-0.3, -0.25) is 18.6 Å². The third-order valence-corrected chi connectivity index (χ3v) is 17.4. The molecule has 0 aromatic rings. The molecule has 0 rings (SSSR count). The van der Waals surface area contributed by atoms with Gasteiger partial charge >= 0.3 is 19.8 Å². The summed E-state index contributed by atoms with van der Waals surface area (Å²) in [6.45, 7) is 4.35. The fraction of sp³-hybridized carbons (Fsp3) is 0.795. The first-order valence-corrected chi connectivity index (χ1v) is 38.8. The minimum atomic E-state index is -4.40. The van der Waals surface area contributed by atoms with E-state index in [1.54, 1.807) is 0 Å². The molecule has 0 saturated heterocycles. The molecule has 88 heavy (non-hydrogen) atoms. The van der Waals surface area contributed by atoms with Gasteiger partial charge in [0.15, 0.2) is 6.10 Å². The molecule has 0 aromatic heterocycles. The first kappa shape index (κ1) is 85.2. The van der Waals surface area contributed by atoms with Crippen LogP contribution in [0.5, 0.6) is 0 Å². The van der Waals surface area contributed by atoms with E-state index in [1.807, 2.05) is 21.1 Å². The monoisotopic (exact) mass is 1250 g/mol. The Kier molecular flexibility index (Phi) is 66.4. The van der Waals surface area contributed by atoms with E-state index < -0.39 is 26.5 Å². The predicted octanol–water partition coefficient (Wildman–Crippen LogP) is 24.5. The maximum absolute atomic E-state index is 12.9. The van der Waals surface area contributed by atoms with Gasteiger partial charge in [0.05, 0.1) is 27.7 Å². The molecule has 0 amide bonds. The van der Waals surface area contributed by atoms with E-state index in [1.165, 1.54) is 231 Å². The van der Waals surface area contributed by atoms with Crippen molar-refractivity contribution in [2.45, 2.75) is 354 Å². The van der Waals surface area contributed by atoms with E-state index in [0.29, 0.717) is 17.4 Å². The molecule has 0 aliphatic heterocycles. The third-order valence-electron chi connectivity index (χ3n) is 16.4. The minimum Gasteiger partial charge on any atom is -0.462 e. The lowest BCUT2D eigenvalue weighted by Crippen LogP contribution is -2.37. The van der Waals surface area contributed by atoms with Crippen LogP contribution in [0.25, 0.3) is 0 Å². The van der Waals surface area contributed by atoms with Crippen LogP contribution in [0.2, 0.25) is 0 Å². The zero-order valence-electron chi connectivity index (χ0n) is 58.5. The van der Waals surface area contributed by atoms with Crippen LogP contribution in [-0.4, -0.2) is 74.9 Å². The van der Waals surface area contributed by atoms with Crippen LogP contribution in [0.3, 0.4) is 0 Å². The van der Waals surface area contributed by atoms with Crippen LogP contribution in [0.1, 0.15) is 348 Å². The largest absolute Gasteiger partial charge is 0.472 e. The molecule has 0 fully saturated rings. The van der Waals surface area contributed by atoms with Crippen LogP contribution < -0.4 is 0 Å². The second kappa shape index (κ2) is 68.6. The van der Waals surface area contributed by atoms with Crippen molar-refractivity contribution in [2.75, 3.05) is 47.5 Å². The number of phosphoric acid groups is 1. The Hall–Kier alpha value is -2.81. The normalized spacial score (nSPS) is 13.6. The van der Waals surface area contributed by atoms with Crippen molar-refractivity contribution < 1.29 is 42.1 Å². The Morgan fingerprint density at radius 1 is 0.364 bits per heavy atom. The number of quaternary nitrogens is 1. The molecule has 1 N–H and O–H groups in total. The van der Waals surface area contributed by atoms with Gasteiger partial charge in [0, 0.05) is 12.8 Å². The topological polar surface area (TPSA) is 108 Å². The van der Waals surface area contributed by atoms with Gasteiger partial charge < -0.3 is 18.9 Å². The van der Waals surface area contributed by atoms with Crippen LogP contribution in [0.4, 0.5) is 0 Å². The van der Waals surface area contributed by atoms with E-state index in [4.69, 9.17) is 18.5 Å². The van der Waals surface area contributed by atoms with Crippen molar-refractivity contribution in [1.82, 2.24) is 0 Å². The highest BCUT2D eigenvalue weighted by Gasteiger charge is 2.27. The number of likely N-dealkylation sites (N-methyl/N-ethyl adjacent to an activating group) is 1. The number of hydrogen-bond acceptors (Lipinski definition) is 7. The average Bonchev–Trinajstić information content (AvgIpc) is 3.60.